The summed E-state index contributed by atoms with van der Waals surface area (Å²) in [6.07, 6.45) is 5.05. The highest BCUT2D eigenvalue weighted by atomic mass is 33.1. The van der Waals surface area contributed by atoms with E-state index >= 15 is 0 Å². The van der Waals surface area contributed by atoms with Gasteiger partial charge in [0.2, 0.25) is 0 Å². The van der Waals surface area contributed by atoms with Crippen molar-refractivity contribution >= 4 is 54.7 Å². The van der Waals surface area contributed by atoms with Crippen LogP contribution in [-0.2, 0) is 0 Å². The summed E-state index contributed by atoms with van der Waals surface area (Å²) in [5.74, 6) is 0. The molecule has 0 aliphatic rings. The lowest BCUT2D eigenvalue weighted by molar-refractivity contribution is 0.657. The van der Waals surface area contributed by atoms with Crippen LogP contribution >= 0.6 is 46.0 Å². The van der Waals surface area contributed by atoms with Crippen molar-refractivity contribution in [2.45, 2.75) is 39.5 Å². The Balaban J connectivity index is 3.34. The van der Waals surface area contributed by atoms with E-state index in [9.17, 15) is 0 Å². The highest BCUT2D eigenvalue weighted by Crippen LogP contribution is 2.22. The molecule has 0 heterocycles. The molecule has 2 nitrogen and oxygen atoms in total. The van der Waals surface area contributed by atoms with Gasteiger partial charge in [0.1, 0.15) is 8.64 Å². The smallest absolute Gasteiger partial charge is 0.144 e. The fourth-order valence-electron chi connectivity index (χ4n) is 1.02. The Morgan fingerprint density at radius 3 is 2.12 bits per heavy atom. The van der Waals surface area contributed by atoms with Gasteiger partial charge in [-0.2, -0.15) is 0 Å². The fourth-order valence-corrected chi connectivity index (χ4v) is 3.20. The molecule has 94 valence electrons. The van der Waals surface area contributed by atoms with E-state index in [0.29, 0.717) is 0 Å². The highest BCUT2D eigenvalue weighted by Gasteiger charge is 2.00. The lowest BCUT2D eigenvalue weighted by Gasteiger charge is -2.07. The van der Waals surface area contributed by atoms with E-state index in [1.54, 1.807) is 0 Å². The van der Waals surface area contributed by atoms with Crippen LogP contribution in [0.4, 0.5) is 0 Å². The Morgan fingerprint density at radius 1 is 0.938 bits per heavy atom. The van der Waals surface area contributed by atoms with Crippen molar-refractivity contribution in [3.05, 3.63) is 0 Å². The molecule has 0 saturated heterocycles. The predicted octanol–water partition coefficient (Wildman–Crippen LogP) is 3.72. The van der Waals surface area contributed by atoms with E-state index in [0.717, 1.165) is 21.7 Å². The summed E-state index contributed by atoms with van der Waals surface area (Å²) < 4.78 is 1.62. The molecule has 6 heteroatoms. The van der Waals surface area contributed by atoms with E-state index in [2.05, 4.69) is 17.6 Å². The number of hydrogen-bond donors (Lipinski definition) is 2. The first-order valence-corrected chi connectivity index (χ1v) is 8.57. The minimum atomic E-state index is 0.794. The van der Waals surface area contributed by atoms with Gasteiger partial charge in [0, 0.05) is 13.1 Å². The lowest BCUT2D eigenvalue weighted by Crippen LogP contribution is -2.20. The summed E-state index contributed by atoms with van der Waals surface area (Å²) >= 11 is 10.3. The molecule has 0 aromatic heterocycles. The van der Waals surface area contributed by atoms with E-state index in [1.807, 2.05) is 6.92 Å². The standard InChI is InChI=1S/C10H20N2S4/c1-3-5-6-7-8-12-10(14)16-15-9(13)11-4-2/h3-8H2,1-2H3,(H,11,13)(H,12,14). The molecule has 0 amide bonds. The molecule has 0 spiro atoms. The van der Waals surface area contributed by atoms with Crippen LogP contribution in [0.15, 0.2) is 0 Å². The van der Waals surface area contributed by atoms with Crippen molar-refractivity contribution in [1.29, 1.82) is 0 Å². The molecule has 2 N–H and O–H groups in total. The number of thiocarbonyl (C=S) groups is 2. The Kier molecular flexibility index (Phi) is 12.3. The first-order valence-electron chi connectivity index (χ1n) is 5.60. The van der Waals surface area contributed by atoms with Gasteiger partial charge in [-0.3, -0.25) is 0 Å². The topological polar surface area (TPSA) is 24.1 Å². The van der Waals surface area contributed by atoms with Crippen LogP contribution in [-0.4, -0.2) is 21.7 Å². The second kappa shape index (κ2) is 12.0. The van der Waals surface area contributed by atoms with Crippen LogP contribution in [0.2, 0.25) is 0 Å². The van der Waals surface area contributed by atoms with Crippen LogP contribution < -0.4 is 10.6 Å². The summed E-state index contributed by atoms with van der Waals surface area (Å²) in [6, 6.07) is 0. The predicted molar refractivity (Wildman–Crippen MR) is 86.2 cm³/mol. The Hall–Kier alpha value is 0.480. The van der Waals surface area contributed by atoms with Gasteiger partial charge in [0.25, 0.3) is 0 Å². The lowest BCUT2D eigenvalue weighted by atomic mass is 10.2. The summed E-state index contributed by atoms with van der Waals surface area (Å²) in [6.45, 7) is 6.08. The third-order valence-electron chi connectivity index (χ3n) is 1.81. The molecule has 0 atom stereocenters. The zero-order valence-corrected chi connectivity index (χ0v) is 13.1. The molecular weight excluding hydrogens is 276 g/mol. The largest absolute Gasteiger partial charge is 0.371 e. The quantitative estimate of drug-likeness (QED) is 0.440. The Labute approximate surface area is 117 Å². The van der Waals surface area contributed by atoms with E-state index < -0.39 is 0 Å². The number of nitrogens with one attached hydrogen (secondary N) is 2. The molecule has 16 heavy (non-hydrogen) atoms. The fraction of sp³-hybridized carbons (Fsp3) is 0.800. The second-order valence-corrected chi connectivity index (χ2v) is 6.74. The molecule has 0 radical (unpaired) electrons. The molecule has 0 aromatic carbocycles. The van der Waals surface area contributed by atoms with E-state index in [-0.39, 0.29) is 0 Å². The van der Waals surface area contributed by atoms with Crippen molar-refractivity contribution in [3.8, 4) is 0 Å². The van der Waals surface area contributed by atoms with Gasteiger partial charge >= 0.3 is 0 Å². The monoisotopic (exact) mass is 296 g/mol. The van der Waals surface area contributed by atoms with Gasteiger partial charge in [-0.25, -0.2) is 0 Å². The molecule has 0 fully saturated rings. The van der Waals surface area contributed by atoms with Gasteiger partial charge in [-0.05, 0) is 34.9 Å². The maximum absolute atomic E-state index is 5.18. The third-order valence-corrected chi connectivity index (χ3v) is 5.16. The van der Waals surface area contributed by atoms with Crippen LogP contribution in [0.5, 0.6) is 0 Å². The average molecular weight is 297 g/mol. The minimum Gasteiger partial charge on any atom is -0.371 e. The molecule has 0 unspecified atom stereocenters. The Morgan fingerprint density at radius 2 is 1.56 bits per heavy atom. The van der Waals surface area contributed by atoms with E-state index in [4.69, 9.17) is 24.4 Å². The van der Waals surface area contributed by atoms with Crippen LogP contribution in [0, 0.1) is 0 Å². The molecule has 0 bridgehead atoms. The van der Waals surface area contributed by atoms with Gasteiger partial charge in [-0.15, -0.1) is 0 Å². The first-order chi connectivity index (χ1) is 7.70. The molecule has 0 aliphatic heterocycles. The highest BCUT2D eigenvalue weighted by molar-refractivity contribution is 8.89. The zero-order valence-electron chi connectivity index (χ0n) is 9.88. The molecule has 0 saturated carbocycles. The Bertz CT molecular complexity index is 209. The van der Waals surface area contributed by atoms with Crippen molar-refractivity contribution in [2.24, 2.45) is 0 Å². The number of rotatable bonds is 6. The van der Waals surface area contributed by atoms with Crippen molar-refractivity contribution < 1.29 is 0 Å². The van der Waals surface area contributed by atoms with Crippen molar-refractivity contribution in [3.63, 3.8) is 0 Å². The molecule has 0 aromatic rings. The van der Waals surface area contributed by atoms with E-state index in [1.165, 1.54) is 47.3 Å². The van der Waals surface area contributed by atoms with Crippen LogP contribution in [0.25, 0.3) is 0 Å². The van der Waals surface area contributed by atoms with Crippen molar-refractivity contribution in [2.75, 3.05) is 13.1 Å². The SMILES string of the molecule is CCCCCCNC(=S)SSC(=S)NCC. The third kappa shape index (κ3) is 11.0. The van der Waals surface area contributed by atoms with Gasteiger partial charge < -0.3 is 10.6 Å². The maximum Gasteiger partial charge on any atom is 0.144 e. The molecular formula is C10H20N2S4. The number of hydrogen-bond acceptors (Lipinski definition) is 4. The second-order valence-electron chi connectivity index (χ2n) is 3.26. The maximum atomic E-state index is 5.18. The summed E-state index contributed by atoms with van der Waals surface area (Å²) in [7, 11) is 3.03. The van der Waals surface area contributed by atoms with Crippen molar-refractivity contribution in [1.82, 2.24) is 10.6 Å². The normalized spacial score (nSPS) is 9.88. The summed E-state index contributed by atoms with van der Waals surface area (Å²) in [5, 5.41) is 6.30. The van der Waals surface area contributed by atoms with Crippen LogP contribution in [0.1, 0.15) is 39.5 Å². The number of unbranched alkanes of at least 4 members (excludes halogenated alkanes) is 3. The van der Waals surface area contributed by atoms with Gasteiger partial charge in [0.05, 0.1) is 0 Å². The summed E-state index contributed by atoms with van der Waals surface area (Å²) in [5.41, 5.74) is 0. The molecule has 0 aliphatic carbocycles. The molecule has 0 rings (SSSR count). The minimum absolute atomic E-state index is 0.794. The first kappa shape index (κ1) is 16.5. The zero-order chi connectivity index (χ0) is 12.2. The van der Waals surface area contributed by atoms with Gasteiger partial charge in [-0.1, -0.05) is 50.6 Å². The average Bonchev–Trinajstić information content (AvgIpc) is 2.26. The van der Waals surface area contributed by atoms with Gasteiger partial charge in [0.15, 0.2) is 0 Å². The van der Waals surface area contributed by atoms with Crippen LogP contribution in [0.3, 0.4) is 0 Å². The summed E-state index contributed by atoms with van der Waals surface area (Å²) in [4.78, 5) is 0.